The van der Waals surface area contributed by atoms with Crippen molar-refractivity contribution in [2.24, 2.45) is 0 Å². The van der Waals surface area contributed by atoms with Crippen LogP contribution in [-0.2, 0) is 0 Å². The normalized spacial score (nSPS) is 10.5. The van der Waals surface area contributed by atoms with Crippen molar-refractivity contribution in [1.82, 2.24) is 15.2 Å². The molecule has 0 fully saturated rings. The van der Waals surface area contributed by atoms with E-state index in [2.05, 4.69) is 15.6 Å². The number of hydrogen-bond donors (Lipinski definition) is 2. The van der Waals surface area contributed by atoms with Crippen LogP contribution < -0.4 is 10.6 Å². The Balaban J connectivity index is 2.00. The summed E-state index contributed by atoms with van der Waals surface area (Å²) in [6.45, 7) is 1.39. The first-order valence-electron chi connectivity index (χ1n) is 6.95. The summed E-state index contributed by atoms with van der Waals surface area (Å²) < 4.78 is 0. The second-order valence-electron chi connectivity index (χ2n) is 5.15. The summed E-state index contributed by atoms with van der Waals surface area (Å²) >= 11 is 5.86. The molecule has 1 aromatic heterocycles. The Morgan fingerprint density at radius 1 is 1.18 bits per heavy atom. The maximum Gasteiger partial charge on any atom is 0.252 e. The van der Waals surface area contributed by atoms with Crippen molar-refractivity contribution < 1.29 is 4.79 Å². The predicted molar refractivity (Wildman–Crippen MR) is 89.9 cm³/mol. The van der Waals surface area contributed by atoms with Crippen molar-refractivity contribution in [1.29, 1.82) is 0 Å². The fourth-order valence-corrected chi connectivity index (χ4v) is 1.95. The van der Waals surface area contributed by atoms with Gasteiger partial charge in [-0.2, -0.15) is 0 Å². The van der Waals surface area contributed by atoms with Gasteiger partial charge in [0.15, 0.2) is 0 Å². The molecule has 0 radical (unpaired) electrons. The minimum Gasteiger partial charge on any atom is -0.354 e. The molecule has 1 aromatic carbocycles. The fourth-order valence-electron chi connectivity index (χ4n) is 1.83. The van der Waals surface area contributed by atoms with Crippen LogP contribution in [0.2, 0.25) is 5.02 Å². The lowest BCUT2D eigenvalue weighted by Crippen LogP contribution is -2.31. The van der Waals surface area contributed by atoms with Crippen molar-refractivity contribution in [2.75, 3.05) is 32.5 Å². The minimum absolute atomic E-state index is 0.130. The smallest absolute Gasteiger partial charge is 0.252 e. The number of anilines is 2. The molecule has 5 nitrogen and oxygen atoms in total. The highest BCUT2D eigenvalue weighted by Gasteiger charge is 2.07. The molecular weight excluding hydrogens is 300 g/mol. The van der Waals surface area contributed by atoms with Gasteiger partial charge >= 0.3 is 0 Å². The average Bonchev–Trinajstić information content (AvgIpc) is 2.49. The number of nitrogens with one attached hydrogen (secondary N) is 2. The number of aromatic nitrogens is 1. The number of likely N-dealkylation sites (N-methyl/N-ethyl adjacent to an activating group) is 1. The Kier molecular flexibility index (Phi) is 5.75. The zero-order chi connectivity index (χ0) is 15.9. The molecule has 2 N–H and O–H groups in total. The molecule has 0 bridgehead atoms. The van der Waals surface area contributed by atoms with Gasteiger partial charge in [-0.25, -0.2) is 0 Å². The Morgan fingerprint density at radius 2 is 1.91 bits per heavy atom. The summed E-state index contributed by atoms with van der Waals surface area (Å²) in [5.41, 5.74) is 2.16. The van der Waals surface area contributed by atoms with Crippen LogP contribution >= 0.6 is 11.6 Å². The van der Waals surface area contributed by atoms with E-state index in [0.29, 0.717) is 17.1 Å². The highest BCUT2D eigenvalue weighted by molar-refractivity contribution is 6.30. The highest BCUT2D eigenvalue weighted by atomic mass is 35.5. The second kappa shape index (κ2) is 7.77. The van der Waals surface area contributed by atoms with E-state index in [9.17, 15) is 4.79 Å². The van der Waals surface area contributed by atoms with Crippen molar-refractivity contribution in [3.63, 3.8) is 0 Å². The SMILES string of the molecule is CN(C)CCNC(=O)c1cncc(Nc2ccc(Cl)cc2)c1. The molecule has 0 aliphatic carbocycles. The van der Waals surface area contributed by atoms with Crippen LogP contribution in [-0.4, -0.2) is 43.0 Å². The molecule has 0 atom stereocenters. The largest absolute Gasteiger partial charge is 0.354 e. The number of hydrogen-bond acceptors (Lipinski definition) is 4. The number of pyridine rings is 1. The molecule has 0 spiro atoms. The topological polar surface area (TPSA) is 57.3 Å². The summed E-state index contributed by atoms with van der Waals surface area (Å²) in [5.74, 6) is -0.130. The van der Waals surface area contributed by atoms with E-state index >= 15 is 0 Å². The number of carbonyl (C=O) groups is 1. The zero-order valence-electron chi connectivity index (χ0n) is 12.6. The number of amides is 1. The van der Waals surface area contributed by atoms with Crippen molar-refractivity contribution in [2.45, 2.75) is 0 Å². The van der Waals surface area contributed by atoms with Crippen molar-refractivity contribution in [3.8, 4) is 0 Å². The van der Waals surface area contributed by atoms with E-state index in [1.165, 1.54) is 0 Å². The zero-order valence-corrected chi connectivity index (χ0v) is 13.4. The number of benzene rings is 1. The van der Waals surface area contributed by atoms with Crippen LogP contribution in [0.4, 0.5) is 11.4 Å². The van der Waals surface area contributed by atoms with Gasteiger partial charge in [-0.15, -0.1) is 0 Å². The first-order chi connectivity index (χ1) is 10.5. The Bertz CT molecular complexity index is 628. The Hall–Kier alpha value is -2.11. The summed E-state index contributed by atoms with van der Waals surface area (Å²) in [7, 11) is 3.93. The van der Waals surface area contributed by atoms with Crippen molar-refractivity contribution in [3.05, 3.63) is 53.3 Å². The van der Waals surface area contributed by atoms with Gasteiger partial charge in [0.1, 0.15) is 0 Å². The highest BCUT2D eigenvalue weighted by Crippen LogP contribution is 2.19. The first kappa shape index (κ1) is 16.3. The Labute approximate surface area is 135 Å². The third kappa shape index (κ3) is 5.02. The van der Waals surface area contributed by atoms with Gasteiger partial charge in [-0.3, -0.25) is 9.78 Å². The number of halogens is 1. The molecule has 0 aliphatic rings. The predicted octanol–water partition coefficient (Wildman–Crippen LogP) is 2.77. The fraction of sp³-hybridized carbons (Fsp3) is 0.250. The van der Waals surface area contributed by atoms with E-state index in [0.717, 1.165) is 17.9 Å². The number of rotatable bonds is 6. The molecule has 2 rings (SSSR count). The van der Waals surface area contributed by atoms with E-state index in [1.807, 2.05) is 31.1 Å². The quantitative estimate of drug-likeness (QED) is 0.860. The summed E-state index contributed by atoms with van der Waals surface area (Å²) in [5, 5.41) is 6.73. The first-order valence-corrected chi connectivity index (χ1v) is 7.33. The third-order valence-corrected chi connectivity index (χ3v) is 3.23. The van der Waals surface area contributed by atoms with E-state index in [4.69, 9.17) is 11.6 Å². The van der Waals surface area contributed by atoms with E-state index in [-0.39, 0.29) is 5.91 Å². The molecule has 0 saturated heterocycles. The summed E-state index contributed by atoms with van der Waals surface area (Å²) in [6.07, 6.45) is 3.23. The van der Waals surface area contributed by atoms with E-state index < -0.39 is 0 Å². The summed E-state index contributed by atoms with van der Waals surface area (Å²) in [6, 6.07) is 9.11. The van der Waals surface area contributed by atoms with Crippen LogP contribution in [0.3, 0.4) is 0 Å². The molecule has 116 valence electrons. The minimum atomic E-state index is -0.130. The lowest BCUT2D eigenvalue weighted by molar-refractivity contribution is 0.0950. The van der Waals surface area contributed by atoms with Gasteiger partial charge in [-0.1, -0.05) is 11.6 Å². The maximum atomic E-state index is 12.1. The number of nitrogens with zero attached hydrogens (tertiary/aromatic N) is 2. The van der Waals surface area contributed by atoms with Gasteiger partial charge in [0.25, 0.3) is 5.91 Å². The van der Waals surface area contributed by atoms with Crippen molar-refractivity contribution >= 4 is 28.9 Å². The van der Waals surface area contributed by atoms with Gasteiger partial charge in [-0.05, 0) is 44.4 Å². The lowest BCUT2D eigenvalue weighted by Gasteiger charge is -2.11. The number of carbonyl (C=O) groups excluding carboxylic acids is 1. The molecule has 6 heteroatoms. The van der Waals surface area contributed by atoms with Gasteiger partial charge < -0.3 is 15.5 Å². The van der Waals surface area contributed by atoms with Crippen LogP contribution in [0, 0.1) is 0 Å². The molecule has 0 saturated carbocycles. The molecule has 0 unspecified atom stereocenters. The maximum absolute atomic E-state index is 12.1. The molecule has 1 heterocycles. The second-order valence-corrected chi connectivity index (χ2v) is 5.59. The van der Waals surface area contributed by atoms with Crippen LogP contribution in [0.5, 0.6) is 0 Å². The van der Waals surface area contributed by atoms with Gasteiger partial charge in [0.2, 0.25) is 0 Å². The Morgan fingerprint density at radius 3 is 2.59 bits per heavy atom. The summed E-state index contributed by atoms with van der Waals surface area (Å²) in [4.78, 5) is 18.2. The molecule has 1 amide bonds. The van der Waals surface area contributed by atoms with Crippen LogP contribution in [0.1, 0.15) is 10.4 Å². The molecule has 22 heavy (non-hydrogen) atoms. The standard InChI is InChI=1S/C16H19ClN4O/c1-21(2)8-7-19-16(22)12-9-15(11-18-10-12)20-14-5-3-13(17)4-6-14/h3-6,9-11,20H,7-8H2,1-2H3,(H,19,22). The molecular formula is C16H19ClN4O. The monoisotopic (exact) mass is 318 g/mol. The van der Waals surface area contributed by atoms with Gasteiger partial charge in [0.05, 0.1) is 17.4 Å². The van der Waals surface area contributed by atoms with Gasteiger partial charge in [0, 0.05) is 30.0 Å². The van der Waals surface area contributed by atoms with E-state index in [1.54, 1.807) is 30.6 Å². The molecule has 2 aromatic rings. The molecule has 0 aliphatic heterocycles. The van der Waals surface area contributed by atoms with Crippen LogP contribution in [0.25, 0.3) is 0 Å². The third-order valence-electron chi connectivity index (χ3n) is 2.98. The lowest BCUT2D eigenvalue weighted by atomic mass is 10.2. The average molecular weight is 319 g/mol. The van der Waals surface area contributed by atoms with Crippen LogP contribution in [0.15, 0.2) is 42.7 Å².